The Morgan fingerprint density at radius 3 is 2.04 bits per heavy atom. The fraction of sp³-hybridized carbons (Fsp3) is 0.200. The lowest BCUT2D eigenvalue weighted by Gasteiger charge is -2.28. The number of aromatic nitrogens is 2. The van der Waals surface area contributed by atoms with E-state index in [0.717, 1.165) is 59.1 Å². The minimum atomic E-state index is 0.806. The van der Waals surface area contributed by atoms with E-state index in [-0.39, 0.29) is 0 Å². The molecule has 2 heterocycles. The van der Waals surface area contributed by atoms with Crippen LogP contribution >= 0.6 is 15.9 Å². The molecule has 1 aromatic heterocycles. The van der Waals surface area contributed by atoms with Gasteiger partial charge in [-0.1, -0.05) is 58.4 Å². The monoisotopic (exact) mass is 394 g/mol. The Bertz CT molecular complexity index is 843. The van der Waals surface area contributed by atoms with Crippen molar-refractivity contribution in [2.45, 2.75) is 0 Å². The molecule has 0 atom stereocenters. The lowest BCUT2D eigenvalue weighted by molar-refractivity contribution is 0.580. The first-order valence-electron chi connectivity index (χ1n) is 8.46. The summed E-state index contributed by atoms with van der Waals surface area (Å²) in [5, 5.41) is 3.38. The molecule has 1 fully saturated rings. The predicted molar refractivity (Wildman–Crippen MR) is 106 cm³/mol. The van der Waals surface area contributed by atoms with Crippen LogP contribution in [0.5, 0.6) is 0 Å². The lowest BCUT2D eigenvalue weighted by Crippen LogP contribution is -2.44. The Kier molecular flexibility index (Phi) is 4.76. The van der Waals surface area contributed by atoms with Gasteiger partial charge in [-0.2, -0.15) is 0 Å². The van der Waals surface area contributed by atoms with Gasteiger partial charge in [0.15, 0.2) is 0 Å². The number of rotatable bonds is 3. The van der Waals surface area contributed by atoms with E-state index in [1.165, 1.54) is 0 Å². The van der Waals surface area contributed by atoms with E-state index in [1.54, 1.807) is 0 Å². The molecule has 1 aliphatic heterocycles. The summed E-state index contributed by atoms with van der Waals surface area (Å²) in [4.78, 5) is 12.0. The van der Waals surface area contributed by atoms with Crippen molar-refractivity contribution in [2.24, 2.45) is 0 Å². The summed E-state index contributed by atoms with van der Waals surface area (Å²) >= 11 is 3.50. The summed E-state index contributed by atoms with van der Waals surface area (Å²) in [5.74, 6) is 0.806. The molecule has 126 valence electrons. The molecular formula is C20H19BrN4. The van der Waals surface area contributed by atoms with Crippen LogP contribution in [0.4, 0.5) is 5.95 Å². The zero-order chi connectivity index (χ0) is 17.1. The minimum Gasteiger partial charge on any atom is -0.338 e. The maximum Gasteiger partial charge on any atom is 0.226 e. The van der Waals surface area contributed by atoms with Crippen LogP contribution in [0.1, 0.15) is 0 Å². The van der Waals surface area contributed by atoms with Crippen molar-refractivity contribution in [3.8, 4) is 22.5 Å². The zero-order valence-electron chi connectivity index (χ0n) is 13.8. The summed E-state index contributed by atoms with van der Waals surface area (Å²) < 4.78 is 1.07. The van der Waals surface area contributed by atoms with Crippen LogP contribution < -0.4 is 10.2 Å². The van der Waals surface area contributed by atoms with Gasteiger partial charge in [-0.15, -0.1) is 0 Å². The number of anilines is 1. The number of halogens is 1. The van der Waals surface area contributed by atoms with Crippen molar-refractivity contribution in [2.75, 3.05) is 31.1 Å². The van der Waals surface area contributed by atoms with Gasteiger partial charge < -0.3 is 10.2 Å². The number of nitrogens with zero attached hydrogens (tertiary/aromatic N) is 3. The molecule has 0 spiro atoms. The van der Waals surface area contributed by atoms with E-state index >= 15 is 0 Å². The maximum absolute atomic E-state index is 4.85. The van der Waals surface area contributed by atoms with Gasteiger partial charge >= 0.3 is 0 Å². The van der Waals surface area contributed by atoms with Crippen LogP contribution in [0.2, 0.25) is 0 Å². The second-order valence-electron chi connectivity index (χ2n) is 6.05. The Morgan fingerprint density at radius 1 is 0.800 bits per heavy atom. The average Bonchev–Trinajstić information content (AvgIpc) is 2.69. The molecule has 25 heavy (non-hydrogen) atoms. The van der Waals surface area contributed by atoms with Crippen molar-refractivity contribution in [1.82, 2.24) is 15.3 Å². The van der Waals surface area contributed by atoms with Gasteiger partial charge in [-0.05, 0) is 18.2 Å². The average molecular weight is 395 g/mol. The van der Waals surface area contributed by atoms with Crippen molar-refractivity contribution in [3.05, 3.63) is 65.1 Å². The molecule has 4 nitrogen and oxygen atoms in total. The first-order valence-corrected chi connectivity index (χ1v) is 9.25. The molecule has 2 aromatic carbocycles. The van der Waals surface area contributed by atoms with Gasteiger partial charge in [-0.25, -0.2) is 9.97 Å². The number of hydrogen-bond donors (Lipinski definition) is 1. The second-order valence-corrected chi connectivity index (χ2v) is 6.96. The molecule has 4 rings (SSSR count). The third-order valence-corrected chi connectivity index (χ3v) is 4.85. The summed E-state index contributed by atoms with van der Waals surface area (Å²) in [6.07, 6.45) is 0. The first-order chi connectivity index (χ1) is 12.3. The summed E-state index contributed by atoms with van der Waals surface area (Å²) in [5.41, 5.74) is 4.12. The van der Waals surface area contributed by atoms with Gasteiger partial charge in [0.2, 0.25) is 5.95 Å². The van der Waals surface area contributed by atoms with E-state index in [1.807, 2.05) is 30.3 Å². The fourth-order valence-corrected chi connectivity index (χ4v) is 3.23. The van der Waals surface area contributed by atoms with Crippen LogP contribution in [-0.2, 0) is 0 Å². The molecule has 0 amide bonds. The molecule has 1 N–H and O–H groups in total. The standard InChI is InChI=1S/C20H19BrN4/c21-17-8-6-16(7-9-17)19-14-18(15-4-2-1-3-5-15)23-20(24-19)25-12-10-22-11-13-25/h1-9,14,22H,10-13H2. The Morgan fingerprint density at radius 2 is 1.40 bits per heavy atom. The van der Waals surface area contributed by atoms with Gasteiger partial charge in [0.05, 0.1) is 11.4 Å². The molecule has 0 radical (unpaired) electrons. The van der Waals surface area contributed by atoms with Crippen LogP contribution in [0.3, 0.4) is 0 Å². The minimum absolute atomic E-state index is 0.806. The largest absolute Gasteiger partial charge is 0.338 e. The van der Waals surface area contributed by atoms with Gasteiger partial charge in [0, 0.05) is 41.8 Å². The lowest BCUT2D eigenvalue weighted by atomic mass is 10.1. The molecule has 0 aliphatic carbocycles. The zero-order valence-corrected chi connectivity index (χ0v) is 15.4. The summed E-state index contributed by atoms with van der Waals surface area (Å²) in [6, 6.07) is 20.6. The highest BCUT2D eigenvalue weighted by Crippen LogP contribution is 2.27. The molecule has 0 bridgehead atoms. The molecular weight excluding hydrogens is 376 g/mol. The smallest absolute Gasteiger partial charge is 0.226 e. The molecule has 1 aliphatic rings. The Balaban J connectivity index is 1.81. The molecule has 1 saturated heterocycles. The van der Waals surface area contributed by atoms with Crippen molar-refractivity contribution >= 4 is 21.9 Å². The van der Waals surface area contributed by atoms with Crippen molar-refractivity contribution in [3.63, 3.8) is 0 Å². The van der Waals surface area contributed by atoms with E-state index in [4.69, 9.17) is 9.97 Å². The van der Waals surface area contributed by atoms with Crippen LogP contribution in [-0.4, -0.2) is 36.1 Å². The summed E-state index contributed by atoms with van der Waals surface area (Å²) in [6.45, 7) is 3.79. The van der Waals surface area contributed by atoms with E-state index in [2.05, 4.69) is 56.5 Å². The molecule has 5 heteroatoms. The first kappa shape index (κ1) is 16.2. The SMILES string of the molecule is Brc1ccc(-c2cc(-c3ccccc3)nc(N3CCNCC3)n2)cc1. The normalized spacial score (nSPS) is 14.5. The predicted octanol–water partition coefficient (Wildman–Crippen LogP) is 3.98. The van der Waals surface area contributed by atoms with E-state index in [9.17, 15) is 0 Å². The molecule has 0 unspecified atom stereocenters. The fourth-order valence-electron chi connectivity index (χ4n) is 2.97. The Hall–Kier alpha value is -2.24. The van der Waals surface area contributed by atoms with Crippen LogP contribution in [0, 0.1) is 0 Å². The van der Waals surface area contributed by atoms with Crippen LogP contribution in [0.15, 0.2) is 65.1 Å². The third-order valence-electron chi connectivity index (χ3n) is 4.32. The number of benzene rings is 2. The highest BCUT2D eigenvalue weighted by atomic mass is 79.9. The highest BCUT2D eigenvalue weighted by Gasteiger charge is 2.16. The topological polar surface area (TPSA) is 41.1 Å². The highest BCUT2D eigenvalue weighted by molar-refractivity contribution is 9.10. The number of nitrogens with one attached hydrogen (secondary N) is 1. The van der Waals surface area contributed by atoms with Gasteiger partial charge in [-0.3, -0.25) is 0 Å². The third kappa shape index (κ3) is 3.72. The van der Waals surface area contributed by atoms with Crippen molar-refractivity contribution in [1.29, 1.82) is 0 Å². The molecule has 0 saturated carbocycles. The van der Waals surface area contributed by atoms with Crippen molar-refractivity contribution < 1.29 is 0 Å². The maximum atomic E-state index is 4.85. The Labute approximate surface area is 156 Å². The van der Waals surface area contributed by atoms with Crippen LogP contribution in [0.25, 0.3) is 22.5 Å². The van der Waals surface area contributed by atoms with Gasteiger partial charge in [0.25, 0.3) is 0 Å². The number of hydrogen-bond acceptors (Lipinski definition) is 4. The second kappa shape index (κ2) is 7.33. The molecule has 3 aromatic rings. The summed E-state index contributed by atoms with van der Waals surface area (Å²) in [7, 11) is 0. The van der Waals surface area contributed by atoms with E-state index < -0.39 is 0 Å². The van der Waals surface area contributed by atoms with Gasteiger partial charge in [0.1, 0.15) is 0 Å². The quantitative estimate of drug-likeness (QED) is 0.729. The number of piperazine rings is 1. The van der Waals surface area contributed by atoms with E-state index in [0.29, 0.717) is 0 Å².